The summed E-state index contributed by atoms with van der Waals surface area (Å²) in [4.78, 5) is 0. The van der Waals surface area contributed by atoms with Crippen molar-refractivity contribution >= 4 is 43.7 Å². The molecule has 0 bridgehead atoms. The van der Waals surface area contributed by atoms with Gasteiger partial charge in [0.25, 0.3) is 0 Å². The predicted octanol–water partition coefficient (Wildman–Crippen LogP) is 3.01. The molecule has 0 unspecified atom stereocenters. The first-order chi connectivity index (χ1) is 9.19. The van der Waals surface area contributed by atoms with Gasteiger partial charge in [-0.2, -0.15) is 0 Å². The SMILES string of the molecule is CO[Si](CCCCSc1nnc(SC)s1)(OC)OC. The number of aromatic nitrogens is 2. The van der Waals surface area contributed by atoms with Gasteiger partial charge in [0.2, 0.25) is 0 Å². The number of unbranched alkanes of at least 4 members (excludes halogenated alkanes) is 1. The van der Waals surface area contributed by atoms with Crippen LogP contribution in [-0.4, -0.2) is 52.3 Å². The van der Waals surface area contributed by atoms with Crippen LogP contribution in [0.15, 0.2) is 8.68 Å². The average molecular weight is 341 g/mol. The van der Waals surface area contributed by atoms with Crippen molar-refractivity contribution in [2.75, 3.05) is 33.3 Å². The molecular weight excluding hydrogens is 320 g/mol. The average Bonchev–Trinajstić information content (AvgIpc) is 2.91. The Morgan fingerprint density at radius 3 is 2.21 bits per heavy atom. The molecule has 0 aliphatic carbocycles. The molecule has 0 aliphatic heterocycles. The van der Waals surface area contributed by atoms with Gasteiger partial charge < -0.3 is 13.3 Å². The van der Waals surface area contributed by atoms with Crippen LogP contribution >= 0.6 is 34.9 Å². The maximum Gasteiger partial charge on any atom is 0.500 e. The highest BCUT2D eigenvalue weighted by Gasteiger charge is 2.36. The van der Waals surface area contributed by atoms with Gasteiger partial charge in [0.15, 0.2) is 8.68 Å². The van der Waals surface area contributed by atoms with E-state index >= 15 is 0 Å². The fourth-order valence-electron chi connectivity index (χ4n) is 1.50. The molecule has 0 saturated carbocycles. The van der Waals surface area contributed by atoms with Gasteiger partial charge in [-0.3, -0.25) is 0 Å². The van der Waals surface area contributed by atoms with Gasteiger partial charge in [-0.15, -0.1) is 10.2 Å². The standard InChI is InChI=1S/C10H20N2O3S3Si/c1-13-19(14-2,15-3)8-6-5-7-17-10-12-11-9(16-4)18-10/h5-8H2,1-4H3. The molecule has 1 rings (SSSR count). The molecule has 1 heterocycles. The van der Waals surface area contributed by atoms with Crippen LogP contribution in [-0.2, 0) is 13.3 Å². The first-order valence-electron chi connectivity index (χ1n) is 5.85. The molecule has 0 N–H and O–H groups in total. The first kappa shape index (κ1) is 17.4. The van der Waals surface area contributed by atoms with Crippen molar-refractivity contribution in [2.45, 2.75) is 27.6 Å². The maximum atomic E-state index is 5.38. The Hall–Kier alpha value is 0.357. The molecule has 9 heteroatoms. The van der Waals surface area contributed by atoms with Gasteiger partial charge in [-0.1, -0.05) is 34.9 Å². The number of rotatable bonds is 10. The Morgan fingerprint density at radius 2 is 1.68 bits per heavy atom. The third-order valence-corrected chi connectivity index (χ3v) is 8.55. The third kappa shape index (κ3) is 5.70. The van der Waals surface area contributed by atoms with E-state index in [0.29, 0.717) is 0 Å². The largest absolute Gasteiger partial charge is 0.500 e. The maximum absolute atomic E-state index is 5.38. The van der Waals surface area contributed by atoms with Gasteiger partial charge in [-0.25, -0.2) is 0 Å². The topological polar surface area (TPSA) is 53.5 Å². The summed E-state index contributed by atoms with van der Waals surface area (Å²) in [7, 11) is 2.57. The van der Waals surface area contributed by atoms with Gasteiger partial charge in [0.1, 0.15) is 0 Å². The summed E-state index contributed by atoms with van der Waals surface area (Å²) in [5.41, 5.74) is 0. The lowest BCUT2D eigenvalue weighted by atomic mass is 10.4. The van der Waals surface area contributed by atoms with E-state index in [2.05, 4.69) is 10.2 Å². The Balaban J connectivity index is 2.20. The van der Waals surface area contributed by atoms with Crippen molar-refractivity contribution < 1.29 is 13.3 Å². The number of hydrogen-bond donors (Lipinski definition) is 0. The Bertz CT molecular complexity index is 355. The van der Waals surface area contributed by atoms with E-state index in [1.807, 2.05) is 6.26 Å². The van der Waals surface area contributed by atoms with E-state index in [0.717, 1.165) is 33.3 Å². The molecule has 5 nitrogen and oxygen atoms in total. The van der Waals surface area contributed by atoms with Gasteiger partial charge in [0.05, 0.1) is 0 Å². The number of thioether (sulfide) groups is 2. The molecule has 19 heavy (non-hydrogen) atoms. The van der Waals surface area contributed by atoms with Crippen LogP contribution in [0.5, 0.6) is 0 Å². The zero-order valence-electron chi connectivity index (χ0n) is 11.7. The van der Waals surface area contributed by atoms with Gasteiger partial charge >= 0.3 is 8.80 Å². The Labute approximate surface area is 128 Å². The van der Waals surface area contributed by atoms with Crippen LogP contribution in [0, 0.1) is 0 Å². The van der Waals surface area contributed by atoms with E-state index in [1.165, 1.54) is 0 Å². The molecule has 110 valence electrons. The highest BCUT2D eigenvalue weighted by atomic mass is 32.2. The molecule has 1 aromatic rings. The molecule has 0 spiro atoms. The number of hydrogen-bond acceptors (Lipinski definition) is 8. The van der Waals surface area contributed by atoms with Crippen molar-refractivity contribution in [3.63, 3.8) is 0 Å². The summed E-state index contributed by atoms with van der Waals surface area (Å²) in [6, 6.07) is 0.850. The van der Waals surface area contributed by atoms with Gasteiger partial charge in [-0.05, 0) is 19.1 Å². The third-order valence-electron chi connectivity index (χ3n) is 2.60. The quantitative estimate of drug-likeness (QED) is 0.369. The molecule has 0 amide bonds. The smallest absolute Gasteiger partial charge is 0.377 e. The van der Waals surface area contributed by atoms with Crippen LogP contribution in [0.2, 0.25) is 6.04 Å². The Morgan fingerprint density at radius 1 is 1.05 bits per heavy atom. The van der Waals surface area contributed by atoms with Crippen LogP contribution < -0.4 is 0 Å². The minimum atomic E-state index is -2.39. The summed E-state index contributed by atoms with van der Waals surface area (Å²) in [5, 5.41) is 8.20. The molecule has 0 saturated heterocycles. The zero-order valence-corrected chi connectivity index (χ0v) is 15.1. The van der Waals surface area contributed by atoms with E-state index in [1.54, 1.807) is 56.2 Å². The predicted molar refractivity (Wildman–Crippen MR) is 83.2 cm³/mol. The van der Waals surface area contributed by atoms with Gasteiger partial charge in [0, 0.05) is 33.1 Å². The lowest BCUT2D eigenvalue weighted by Gasteiger charge is -2.24. The second-order valence-electron chi connectivity index (χ2n) is 3.64. The van der Waals surface area contributed by atoms with Crippen LogP contribution in [0.3, 0.4) is 0 Å². The van der Waals surface area contributed by atoms with Crippen molar-refractivity contribution in [1.82, 2.24) is 10.2 Å². The van der Waals surface area contributed by atoms with Crippen LogP contribution in [0.4, 0.5) is 0 Å². The summed E-state index contributed by atoms with van der Waals surface area (Å²) in [6.45, 7) is 0. The normalized spacial score (nSPS) is 12.0. The monoisotopic (exact) mass is 340 g/mol. The molecule has 0 atom stereocenters. The molecule has 1 aromatic heterocycles. The van der Waals surface area contributed by atoms with Crippen LogP contribution in [0.1, 0.15) is 12.8 Å². The summed E-state index contributed by atoms with van der Waals surface area (Å²) in [6.07, 6.45) is 4.13. The summed E-state index contributed by atoms with van der Waals surface area (Å²) < 4.78 is 18.2. The minimum Gasteiger partial charge on any atom is -0.377 e. The van der Waals surface area contributed by atoms with E-state index < -0.39 is 8.80 Å². The fraction of sp³-hybridized carbons (Fsp3) is 0.800. The molecule has 0 fully saturated rings. The number of nitrogens with zero attached hydrogens (tertiary/aromatic N) is 2. The van der Waals surface area contributed by atoms with Crippen LogP contribution in [0.25, 0.3) is 0 Å². The fourth-order valence-corrected chi connectivity index (χ4v) is 5.80. The van der Waals surface area contributed by atoms with Crippen molar-refractivity contribution in [3.8, 4) is 0 Å². The van der Waals surface area contributed by atoms with E-state index in [4.69, 9.17) is 13.3 Å². The second kappa shape index (κ2) is 9.32. The molecule has 0 aliphatic rings. The second-order valence-corrected chi connectivity index (χ2v) is 10.1. The van der Waals surface area contributed by atoms with E-state index in [9.17, 15) is 0 Å². The van der Waals surface area contributed by atoms with Crippen molar-refractivity contribution in [1.29, 1.82) is 0 Å². The molecular formula is C10H20N2O3S3Si. The first-order valence-corrected chi connectivity index (χ1v) is 10.8. The Kier molecular flexibility index (Phi) is 8.54. The van der Waals surface area contributed by atoms with E-state index in [-0.39, 0.29) is 0 Å². The minimum absolute atomic E-state index is 0.850. The molecule has 0 aromatic carbocycles. The zero-order chi connectivity index (χ0) is 14.1. The van der Waals surface area contributed by atoms with Crippen molar-refractivity contribution in [2.24, 2.45) is 0 Å². The highest BCUT2D eigenvalue weighted by molar-refractivity contribution is 8.02. The summed E-state index contributed by atoms with van der Waals surface area (Å²) >= 11 is 5.04. The molecule has 0 radical (unpaired) electrons. The lowest BCUT2D eigenvalue weighted by molar-refractivity contribution is 0.123. The van der Waals surface area contributed by atoms with Crippen molar-refractivity contribution in [3.05, 3.63) is 0 Å². The summed E-state index contributed by atoms with van der Waals surface area (Å²) in [5.74, 6) is 1.03. The highest BCUT2D eigenvalue weighted by Crippen LogP contribution is 2.28. The lowest BCUT2D eigenvalue weighted by Crippen LogP contribution is -2.42.